The standard InChI is InChI=1S/C20H24N6O2S2/c1-12-15(13(2)26-19(22-12)23-20(24-26)29-3)10-17(27)21-7-4-18(28)25-8-5-16-14(11-25)6-9-30-16/h6,9H,4-5,7-8,10-11H2,1-3H3,(H,21,27). The molecule has 0 fully saturated rings. The highest BCUT2D eigenvalue weighted by Gasteiger charge is 2.21. The molecule has 2 amide bonds. The summed E-state index contributed by atoms with van der Waals surface area (Å²) in [5.74, 6) is 0.494. The van der Waals surface area contributed by atoms with Gasteiger partial charge in [0, 0.05) is 47.9 Å². The second-order valence-corrected chi connectivity index (χ2v) is 9.06. The Balaban J connectivity index is 1.32. The van der Waals surface area contributed by atoms with Gasteiger partial charge in [-0.05, 0) is 43.5 Å². The molecule has 0 saturated heterocycles. The van der Waals surface area contributed by atoms with E-state index in [1.54, 1.807) is 15.9 Å². The van der Waals surface area contributed by atoms with Crippen LogP contribution in [0, 0.1) is 13.8 Å². The molecule has 0 bridgehead atoms. The van der Waals surface area contributed by atoms with Crippen molar-refractivity contribution < 1.29 is 9.59 Å². The summed E-state index contributed by atoms with van der Waals surface area (Å²) < 4.78 is 1.68. The van der Waals surface area contributed by atoms with Crippen LogP contribution in [-0.4, -0.2) is 55.6 Å². The minimum absolute atomic E-state index is 0.0785. The maximum Gasteiger partial charge on any atom is 0.253 e. The first-order valence-electron chi connectivity index (χ1n) is 9.83. The van der Waals surface area contributed by atoms with Crippen LogP contribution < -0.4 is 5.32 Å². The highest BCUT2D eigenvalue weighted by Crippen LogP contribution is 2.24. The Labute approximate surface area is 183 Å². The first-order chi connectivity index (χ1) is 14.5. The van der Waals surface area contributed by atoms with E-state index in [-0.39, 0.29) is 18.2 Å². The molecule has 3 aromatic rings. The highest BCUT2D eigenvalue weighted by atomic mass is 32.2. The number of nitrogens with zero attached hydrogens (tertiary/aromatic N) is 5. The number of rotatable bonds is 6. The monoisotopic (exact) mass is 444 g/mol. The number of amides is 2. The topological polar surface area (TPSA) is 92.5 Å². The van der Waals surface area contributed by atoms with E-state index in [0.717, 1.165) is 29.9 Å². The van der Waals surface area contributed by atoms with E-state index in [2.05, 4.69) is 31.8 Å². The summed E-state index contributed by atoms with van der Waals surface area (Å²) in [5, 5.41) is 10.0. The second kappa shape index (κ2) is 8.73. The summed E-state index contributed by atoms with van der Waals surface area (Å²) in [5.41, 5.74) is 3.71. The Kier molecular flexibility index (Phi) is 6.05. The van der Waals surface area contributed by atoms with Crippen LogP contribution in [0.1, 0.15) is 33.8 Å². The van der Waals surface area contributed by atoms with Crippen molar-refractivity contribution in [2.24, 2.45) is 0 Å². The molecule has 30 heavy (non-hydrogen) atoms. The van der Waals surface area contributed by atoms with Gasteiger partial charge in [0.05, 0.1) is 6.42 Å². The first-order valence-corrected chi connectivity index (χ1v) is 11.9. The number of thiophene rings is 1. The van der Waals surface area contributed by atoms with Crippen LogP contribution in [0.5, 0.6) is 0 Å². The quantitative estimate of drug-likeness (QED) is 0.586. The molecule has 0 aliphatic carbocycles. The molecule has 0 atom stereocenters. The summed E-state index contributed by atoms with van der Waals surface area (Å²) in [6, 6.07) is 2.09. The van der Waals surface area contributed by atoms with Gasteiger partial charge in [-0.25, -0.2) is 9.50 Å². The number of fused-ring (bicyclic) bond motifs is 2. The van der Waals surface area contributed by atoms with E-state index in [0.29, 0.717) is 30.4 Å². The Bertz CT molecular complexity index is 1110. The van der Waals surface area contributed by atoms with Crippen LogP contribution in [0.25, 0.3) is 5.78 Å². The van der Waals surface area contributed by atoms with Crippen LogP contribution in [0.4, 0.5) is 0 Å². The molecule has 3 aromatic heterocycles. The first kappa shape index (κ1) is 20.8. The van der Waals surface area contributed by atoms with Crippen LogP contribution in [-0.2, 0) is 29.0 Å². The van der Waals surface area contributed by atoms with Gasteiger partial charge in [0.25, 0.3) is 5.78 Å². The average Bonchev–Trinajstić information content (AvgIpc) is 3.37. The molecular weight excluding hydrogens is 420 g/mol. The lowest BCUT2D eigenvalue weighted by Crippen LogP contribution is -2.37. The van der Waals surface area contributed by atoms with E-state index in [1.807, 2.05) is 25.0 Å². The number of carbonyl (C=O) groups excluding carboxylic acids is 2. The third-order valence-electron chi connectivity index (χ3n) is 5.37. The molecule has 0 aromatic carbocycles. The molecule has 0 saturated carbocycles. The van der Waals surface area contributed by atoms with Gasteiger partial charge in [-0.3, -0.25) is 9.59 Å². The molecule has 0 radical (unpaired) electrons. The van der Waals surface area contributed by atoms with Gasteiger partial charge in [-0.1, -0.05) is 11.8 Å². The fourth-order valence-corrected chi connectivity index (χ4v) is 4.91. The lowest BCUT2D eigenvalue weighted by atomic mass is 10.1. The van der Waals surface area contributed by atoms with Crippen molar-refractivity contribution in [2.45, 2.75) is 44.8 Å². The smallest absolute Gasteiger partial charge is 0.253 e. The molecular formula is C20H24N6O2S2. The lowest BCUT2D eigenvalue weighted by Gasteiger charge is -2.27. The molecule has 1 aliphatic rings. The normalized spacial score (nSPS) is 13.5. The van der Waals surface area contributed by atoms with Gasteiger partial charge >= 0.3 is 0 Å². The Morgan fingerprint density at radius 1 is 1.30 bits per heavy atom. The number of aromatic nitrogens is 4. The number of aryl methyl sites for hydroxylation is 2. The van der Waals surface area contributed by atoms with Gasteiger partial charge in [0.15, 0.2) is 0 Å². The summed E-state index contributed by atoms with van der Waals surface area (Å²) >= 11 is 3.21. The SMILES string of the molecule is CSc1nc2nc(C)c(CC(=O)NCCC(=O)N3CCc4sccc4C3)c(C)n2n1. The van der Waals surface area contributed by atoms with Crippen molar-refractivity contribution >= 4 is 40.7 Å². The van der Waals surface area contributed by atoms with Crippen molar-refractivity contribution in [3.63, 3.8) is 0 Å². The summed E-state index contributed by atoms with van der Waals surface area (Å²) in [6.07, 6.45) is 3.33. The van der Waals surface area contributed by atoms with Crippen LogP contribution in [0.2, 0.25) is 0 Å². The maximum atomic E-state index is 12.5. The highest BCUT2D eigenvalue weighted by molar-refractivity contribution is 7.98. The summed E-state index contributed by atoms with van der Waals surface area (Å²) in [6.45, 7) is 5.55. The molecule has 0 spiro atoms. The van der Waals surface area contributed by atoms with Gasteiger partial charge < -0.3 is 10.2 Å². The van der Waals surface area contributed by atoms with E-state index in [4.69, 9.17) is 0 Å². The second-order valence-electron chi connectivity index (χ2n) is 7.28. The maximum absolute atomic E-state index is 12.5. The molecule has 0 unspecified atom stereocenters. The number of hydrogen-bond acceptors (Lipinski definition) is 7. The van der Waals surface area contributed by atoms with Gasteiger partial charge in [0.2, 0.25) is 17.0 Å². The van der Waals surface area contributed by atoms with Crippen molar-refractivity contribution in [3.05, 3.63) is 38.8 Å². The predicted octanol–water partition coefficient (Wildman–Crippen LogP) is 2.16. The summed E-state index contributed by atoms with van der Waals surface area (Å²) in [7, 11) is 0. The molecule has 4 heterocycles. The van der Waals surface area contributed by atoms with E-state index < -0.39 is 0 Å². The number of hydrogen-bond donors (Lipinski definition) is 1. The van der Waals surface area contributed by atoms with Gasteiger partial charge in [-0.2, -0.15) is 4.98 Å². The molecule has 8 nitrogen and oxygen atoms in total. The zero-order valence-corrected chi connectivity index (χ0v) is 18.9. The number of thioether (sulfide) groups is 1. The molecule has 158 valence electrons. The largest absolute Gasteiger partial charge is 0.355 e. The van der Waals surface area contributed by atoms with Crippen LogP contribution >= 0.6 is 23.1 Å². The van der Waals surface area contributed by atoms with Gasteiger partial charge in [0.1, 0.15) is 0 Å². The van der Waals surface area contributed by atoms with Crippen molar-refractivity contribution in [1.82, 2.24) is 29.8 Å². The predicted molar refractivity (Wildman–Crippen MR) is 117 cm³/mol. The fourth-order valence-electron chi connectivity index (χ4n) is 3.68. The number of nitrogens with one attached hydrogen (secondary N) is 1. The van der Waals surface area contributed by atoms with E-state index >= 15 is 0 Å². The lowest BCUT2D eigenvalue weighted by molar-refractivity contribution is -0.132. The zero-order chi connectivity index (χ0) is 21.3. The van der Waals surface area contributed by atoms with E-state index in [9.17, 15) is 9.59 Å². The number of carbonyl (C=O) groups is 2. The molecule has 4 rings (SSSR count). The van der Waals surface area contributed by atoms with Crippen LogP contribution in [0.3, 0.4) is 0 Å². The molecule has 1 N–H and O–H groups in total. The molecule has 1 aliphatic heterocycles. The summed E-state index contributed by atoms with van der Waals surface area (Å²) in [4.78, 5) is 37.1. The zero-order valence-electron chi connectivity index (χ0n) is 17.3. The Morgan fingerprint density at radius 3 is 2.93 bits per heavy atom. The minimum Gasteiger partial charge on any atom is -0.355 e. The van der Waals surface area contributed by atoms with Gasteiger partial charge in [-0.15, -0.1) is 16.4 Å². The van der Waals surface area contributed by atoms with E-state index in [1.165, 1.54) is 22.2 Å². The van der Waals surface area contributed by atoms with Crippen LogP contribution in [0.15, 0.2) is 16.6 Å². The third-order valence-corrected chi connectivity index (χ3v) is 6.93. The molecule has 10 heteroatoms. The Hall–Kier alpha value is -2.46. The van der Waals surface area contributed by atoms with Crippen molar-refractivity contribution in [2.75, 3.05) is 19.3 Å². The fraction of sp³-hybridized carbons (Fsp3) is 0.450. The van der Waals surface area contributed by atoms with Crippen molar-refractivity contribution in [1.29, 1.82) is 0 Å². The van der Waals surface area contributed by atoms with Crippen molar-refractivity contribution in [3.8, 4) is 0 Å². The Morgan fingerprint density at radius 2 is 2.13 bits per heavy atom. The average molecular weight is 445 g/mol. The minimum atomic E-state index is -0.126. The third kappa shape index (κ3) is 4.20.